The molecule has 4 heteroatoms. The van der Waals surface area contributed by atoms with Crippen molar-refractivity contribution in [2.75, 3.05) is 5.73 Å². The standard InChI is InChI=1S/C16H17N3S/c1-11-14(16-8-15(17)12(2)20-16)9-18-19(11)10-13-6-4-3-5-7-13/h3-9H,10,17H2,1-2H3. The average Bonchev–Trinajstić information content (AvgIpc) is 2.96. The van der Waals surface area contributed by atoms with Crippen molar-refractivity contribution >= 4 is 17.0 Å². The van der Waals surface area contributed by atoms with Crippen LogP contribution in [0.15, 0.2) is 42.6 Å². The smallest absolute Gasteiger partial charge is 0.0662 e. The summed E-state index contributed by atoms with van der Waals surface area (Å²) in [5.41, 5.74) is 10.4. The molecule has 0 atom stereocenters. The summed E-state index contributed by atoms with van der Waals surface area (Å²) in [4.78, 5) is 2.35. The van der Waals surface area contributed by atoms with Crippen LogP contribution in [0.25, 0.3) is 10.4 Å². The summed E-state index contributed by atoms with van der Waals surface area (Å²) in [5, 5.41) is 4.51. The van der Waals surface area contributed by atoms with Crippen molar-refractivity contribution in [2.45, 2.75) is 20.4 Å². The Morgan fingerprint density at radius 1 is 1.20 bits per heavy atom. The second-order valence-corrected chi connectivity index (χ2v) is 6.17. The summed E-state index contributed by atoms with van der Waals surface area (Å²) >= 11 is 1.72. The number of aryl methyl sites for hydroxylation is 1. The summed E-state index contributed by atoms with van der Waals surface area (Å²) < 4.78 is 2.04. The maximum absolute atomic E-state index is 5.94. The number of rotatable bonds is 3. The van der Waals surface area contributed by atoms with E-state index in [1.807, 2.05) is 29.9 Å². The molecule has 20 heavy (non-hydrogen) atoms. The van der Waals surface area contributed by atoms with Crippen LogP contribution in [0.1, 0.15) is 16.1 Å². The minimum absolute atomic E-state index is 0.798. The van der Waals surface area contributed by atoms with Crippen molar-refractivity contribution in [1.29, 1.82) is 0 Å². The molecule has 0 amide bonds. The van der Waals surface area contributed by atoms with Crippen molar-refractivity contribution in [2.24, 2.45) is 0 Å². The van der Waals surface area contributed by atoms with Crippen molar-refractivity contribution in [3.05, 3.63) is 58.7 Å². The van der Waals surface area contributed by atoms with E-state index in [1.165, 1.54) is 21.7 Å². The third kappa shape index (κ3) is 2.34. The second kappa shape index (κ2) is 5.13. The van der Waals surface area contributed by atoms with Gasteiger partial charge < -0.3 is 5.73 Å². The molecule has 0 bridgehead atoms. The van der Waals surface area contributed by atoms with Crippen molar-refractivity contribution in [3.63, 3.8) is 0 Å². The zero-order valence-corrected chi connectivity index (χ0v) is 12.4. The quantitative estimate of drug-likeness (QED) is 0.793. The first kappa shape index (κ1) is 12.9. The third-order valence-corrected chi connectivity index (χ3v) is 4.60. The maximum Gasteiger partial charge on any atom is 0.0662 e. The summed E-state index contributed by atoms with van der Waals surface area (Å²) in [6, 6.07) is 12.4. The predicted octanol–water partition coefficient (Wildman–Crippen LogP) is 3.86. The molecule has 102 valence electrons. The molecule has 0 fully saturated rings. The molecule has 0 radical (unpaired) electrons. The normalized spacial score (nSPS) is 10.9. The number of thiophene rings is 1. The molecule has 0 aliphatic heterocycles. The lowest BCUT2D eigenvalue weighted by molar-refractivity contribution is 0.665. The highest BCUT2D eigenvalue weighted by molar-refractivity contribution is 7.16. The minimum Gasteiger partial charge on any atom is -0.398 e. The number of hydrogen-bond acceptors (Lipinski definition) is 3. The Hall–Kier alpha value is -2.07. The molecule has 3 aromatic rings. The molecule has 0 spiro atoms. The zero-order valence-electron chi connectivity index (χ0n) is 11.6. The van der Waals surface area contributed by atoms with Crippen LogP contribution in [-0.2, 0) is 6.54 Å². The third-order valence-electron chi connectivity index (χ3n) is 3.50. The zero-order chi connectivity index (χ0) is 14.1. The van der Waals surface area contributed by atoms with Crippen LogP contribution in [0.4, 0.5) is 5.69 Å². The molecular formula is C16H17N3S. The van der Waals surface area contributed by atoms with Gasteiger partial charge in [-0.05, 0) is 25.5 Å². The van der Waals surface area contributed by atoms with Gasteiger partial charge in [-0.25, -0.2) is 0 Å². The van der Waals surface area contributed by atoms with Gasteiger partial charge in [-0.1, -0.05) is 30.3 Å². The number of anilines is 1. The predicted molar refractivity (Wildman–Crippen MR) is 85.0 cm³/mol. The van der Waals surface area contributed by atoms with Crippen LogP contribution in [0.5, 0.6) is 0 Å². The number of nitrogens with zero attached hydrogens (tertiary/aromatic N) is 2. The van der Waals surface area contributed by atoms with E-state index in [-0.39, 0.29) is 0 Å². The van der Waals surface area contributed by atoms with Gasteiger partial charge in [-0.3, -0.25) is 4.68 Å². The van der Waals surface area contributed by atoms with Gasteiger partial charge in [0.1, 0.15) is 0 Å². The average molecular weight is 283 g/mol. The van der Waals surface area contributed by atoms with Crippen molar-refractivity contribution < 1.29 is 0 Å². The highest BCUT2D eigenvalue weighted by atomic mass is 32.1. The monoisotopic (exact) mass is 283 g/mol. The lowest BCUT2D eigenvalue weighted by atomic mass is 10.2. The SMILES string of the molecule is Cc1sc(-c2cnn(Cc3ccccc3)c2C)cc1N. The maximum atomic E-state index is 5.94. The molecule has 0 unspecified atom stereocenters. The molecule has 3 nitrogen and oxygen atoms in total. The second-order valence-electron chi connectivity index (χ2n) is 4.91. The highest BCUT2D eigenvalue weighted by Crippen LogP contribution is 2.34. The van der Waals surface area contributed by atoms with Crippen molar-refractivity contribution in [1.82, 2.24) is 9.78 Å². The fourth-order valence-electron chi connectivity index (χ4n) is 2.23. The Balaban J connectivity index is 1.93. The van der Waals surface area contributed by atoms with Gasteiger partial charge in [-0.2, -0.15) is 5.10 Å². The lowest BCUT2D eigenvalue weighted by Gasteiger charge is -2.05. The van der Waals surface area contributed by atoms with E-state index in [0.717, 1.165) is 17.1 Å². The van der Waals surface area contributed by atoms with E-state index in [9.17, 15) is 0 Å². The molecule has 2 N–H and O–H groups in total. The number of benzene rings is 1. The van der Waals surface area contributed by atoms with E-state index in [4.69, 9.17) is 5.73 Å². The summed E-state index contributed by atoms with van der Waals surface area (Å²) in [5.74, 6) is 0. The van der Waals surface area contributed by atoms with E-state index in [1.54, 1.807) is 11.3 Å². The van der Waals surface area contributed by atoms with Gasteiger partial charge in [0.05, 0.1) is 12.7 Å². The molecule has 0 aliphatic carbocycles. The van der Waals surface area contributed by atoms with Crippen molar-refractivity contribution in [3.8, 4) is 10.4 Å². The topological polar surface area (TPSA) is 43.8 Å². The molecule has 0 saturated carbocycles. The van der Waals surface area contributed by atoms with Crippen LogP contribution in [0, 0.1) is 13.8 Å². The first-order valence-electron chi connectivity index (χ1n) is 6.58. The van der Waals surface area contributed by atoms with E-state index in [2.05, 4.69) is 36.3 Å². The van der Waals surface area contributed by atoms with Gasteiger partial charge >= 0.3 is 0 Å². The molecular weight excluding hydrogens is 266 g/mol. The van der Waals surface area contributed by atoms with Gasteiger partial charge in [0.25, 0.3) is 0 Å². The van der Waals surface area contributed by atoms with Gasteiger partial charge in [0.2, 0.25) is 0 Å². The van der Waals surface area contributed by atoms with E-state index < -0.39 is 0 Å². The number of aromatic nitrogens is 2. The van der Waals surface area contributed by atoms with Crippen LogP contribution in [0.2, 0.25) is 0 Å². The van der Waals surface area contributed by atoms with Crippen LogP contribution in [-0.4, -0.2) is 9.78 Å². The number of hydrogen-bond donors (Lipinski definition) is 1. The molecule has 1 aromatic carbocycles. The van der Waals surface area contributed by atoms with Gasteiger partial charge in [0, 0.05) is 26.7 Å². The fraction of sp³-hybridized carbons (Fsp3) is 0.188. The Morgan fingerprint density at radius 3 is 2.60 bits per heavy atom. The van der Waals surface area contributed by atoms with Crippen LogP contribution in [0.3, 0.4) is 0 Å². The molecule has 0 saturated heterocycles. The first-order chi connectivity index (χ1) is 9.65. The Kier molecular flexibility index (Phi) is 3.32. The Labute approximate surface area is 122 Å². The van der Waals surface area contributed by atoms with E-state index >= 15 is 0 Å². The summed E-state index contributed by atoms with van der Waals surface area (Å²) in [6.45, 7) is 4.95. The number of nitrogens with two attached hydrogens (primary N) is 1. The first-order valence-corrected chi connectivity index (χ1v) is 7.39. The largest absolute Gasteiger partial charge is 0.398 e. The number of nitrogen functional groups attached to an aromatic ring is 1. The Bertz CT molecular complexity index is 706. The fourth-order valence-corrected chi connectivity index (χ4v) is 3.24. The minimum atomic E-state index is 0.798. The molecule has 2 heterocycles. The van der Waals surface area contributed by atoms with E-state index in [0.29, 0.717) is 0 Å². The molecule has 2 aromatic heterocycles. The van der Waals surface area contributed by atoms with Crippen LogP contribution < -0.4 is 5.73 Å². The lowest BCUT2D eigenvalue weighted by Crippen LogP contribution is -2.03. The van der Waals surface area contributed by atoms with Crippen LogP contribution >= 0.6 is 11.3 Å². The molecule has 3 rings (SSSR count). The Morgan fingerprint density at radius 2 is 1.95 bits per heavy atom. The summed E-state index contributed by atoms with van der Waals surface area (Å²) in [7, 11) is 0. The van der Waals surface area contributed by atoms with Gasteiger partial charge in [-0.15, -0.1) is 11.3 Å². The highest BCUT2D eigenvalue weighted by Gasteiger charge is 2.12. The summed E-state index contributed by atoms with van der Waals surface area (Å²) in [6.07, 6.45) is 1.93. The molecule has 0 aliphatic rings. The van der Waals surface area contributed by atoms with Gasteiger partial charge in [0.15, 0.2) is 0 Å².